The Balaban J connectivity index is 1.57. The summed E-state index contributed by atoms with van der Waals surface area (Å²) in [6.07, 6.45) is 4.30. The van der Waals surface area contributed by atoms with Crippen LogP contribution in [-0.2, 0) is 6.42 Å². The van der Waals surface area contributed by atoms with E-state index in [-0.39, 0.29) is 11.9 Å². The molecule has 4 rings (SSSR count). The van der Waals surface area contributed by atoms with Crippen LogP contribution < -0.4 is 20.9 Å². The third-order valence-corrected chi connectivity index (χ3v) is 6.13. The first-order valence-corrected chi connectivity index (χ1v) is 12.0. The number of hydrogen-bond donors (Lipinski definition) is 3. The van der Waals surface area contributed by atoms with Crippen molar-refractivity contribution in [1.82, 2.24) is 0 Å². The van der Waals surface area contributed by atoms with Crippen LogP contribution >= 0.6 is 0 Å². The predicted molar refractivity (Wildman–Crippen MR) is 140 cm³/mol. The van der Waals surface area contributed by atoms with E-state index in [1.165, 1.54) is 6.42 Å². The van der Waals surface area contributed by atoms with Crippen molar-refractivity contribution in [2.24, 2.45) is 0 Å². The normalized spacial score (nSPS) is 13.3. The fourth-order valence-electron chi connectivity index (χ4n) is 4.34. The van der Waals surface area contributed by atoms with E-state index >= 15 is 0 Å². The molecule has 0 atom stereocenters. The van der Waals surface area contributed by atoms with Gasteiger partial charge in [-0.2, -0.15) is 0 Å². The van der Waals surface area contributed by atoms with Crippen LogP contribution in [0.15, 0.2) is 66.7 Å². The molecule has 0 spiro atoms. The van der Waals surface area contributed by atoms with Crippen LogP contribution in [-0.4, -0.2) is 25.0 Å². The zero-order valence-corrected chi connectivity index (χ0v) is 19.9. The Bertz CT molecular complexity index is 1170. The molecule has 1 saturated heterocycles. The number of anilines is 4. The van der Waals surface area contributed by atoms with Crippen LogP contribution in [0.5, 0.6) is 0 Å². The number of para-hydroxylation sites is 1. The highest BCUT2D eigenvalue weighted by Crippen LogP contribution is 2.32. The number of nitrogens with one attached hydrogen (secondary N) is 3. The molecule has 0 aromatic heterocycles. The highest BCUT2D eigenvalue weighted by atomic mass is 16.2. The summed E-state index contributed by atoms with van der Waals surface area (Å²) in [6.45, 7) is 5.92. The van der Waals surface area contributed by atoms with Gasteiger partial charge in [-0.1, -0.05) is 42.8 Å². The van der Waals surface area contributed by atoms with E-state index in [9.17, 15) is 9.59 Å². The summed E-state index contributed by atoms with van der Waals surface area (Å²) in [5, 5.41) is 8.97. The maximum Gasteiger partial charge on any atom is 0.323 e. The van der Waals surface area contributed by atoms with E-state index in [4.69, 9.17) is 0 Å². The maximum atomic E-state index is 12.9. The Labute approximate surface area is 201 Å². The molecule has 3 N–H and O–H groups in total. The van der Waals surface area contributed by atoms with E-state index in [1.54, 1.807) is 6.07 Å². The van der Waals surface area contributed by atoms with Crippen molar-refractivity contribution in [2.45, 2.75) is 39.5 Å². The Morgan fingerprint density at radius 3 is 2.35 bits per heavy atom. The zero-order chi connectivity index (χ0) is 23.9. The molecule has 6 nitrogen and oxygen atoms in total. The average Bonchev–Trinajstić information content (AvgIpc) is 2.85. The first-order valence-electron chi connectivity index (χ1n) is 12.0. The van der Waals surface area contributed by atoms with Crippen LogP contribution in [0.25, 0.3) is 0 Å². The van der Waals surface area contributed by atoms with Crippen molar-refractivity contribution >= 4 is 34.7 Å². The van der Waals surface area contributed by atoms with Crippen molar-refractivity contribution in [3.05, 3.63) is 83.4 Å². The minimum absolute atomic E-state index is 0.179. The second-order valence-corrected chi connectivity index (χ2v) is 8.69. The van der Waals surface area contributed by atoms with Crippen molar-refractivity contribution in [3.63, 3.8) is 0 Å². The standard InChI is InChI=1S/C28H32N4O2/c1-3-21-11-5-6-13-24(21)30-28(34)31-25-19-23(14-15-26(25)32-16-7-4-8-17-32)29-27(33)22-12-9-10-20(2)18-22/h5-6,9-15,18-19H,3-4,7-8,16-17H2,1-2H3,(H,29,33)(H2,30,31,34). The van der Waals surface area contributed by atoms with Gasteiger partial charge in [-0.25, -0.2) is 4.79 Å². The number of carbonyl (C=O) groups is 2. The monoisotopic (exact) mass is 456 g/mol. The number of amides is 3. The van der Waals surface area contributed by atoms with Gasteiger partial charge in [-0.15, -0.1) is 0 Å². The summed E-state index contributed by atoms with van der Waals surface area (Å²) >= 11 is 0. The van der Waals surface area contributed by atoms with Crippen molar-refractivity contribution < 1.29 is 9.59 Å². The minimum Gasteiger partial charge on any atom is -0.370 e. The van der Waals surface area contributed by atoms with E-state index < -0.39 is 0 Å². The van der Waals surface area contributed by atoms with Gasteiger partial charge >= 0.3 is 6.03 Å². The summed E-state index contributed by atoms with van der Waals surface area (Å²) < 4.78 is 0. The predicted octanol–water partition coefficient (Wildman–Crippen LogP) is 6.44. The molecular weight excluding hydrogens is 424 g/mol. The number of nitrogens with zero attached hydrogens (tertiary/aromatic N) is 1. The lowest BCUT2D eigenvalue weighted by molar-refractivity contribution is 0.102. The van der Waals surface area contributed by atoms with Gasteiger partial charge in [-0.05, 0) is 74.6 Å². The van der Waals surface area contributed by atoms with Crippen LogP contribution in [0.3, 0.4) is 0 Å². The number of hydrogen-bond acceptors (Lipinski definition) is 3. The van der Waals surface area contributed by atoms with Gasteiger partial charge in [-0.3, -0.25) is 4.79 Å². The van der Waals surface area contributed by atoms with Crippen molar-refractivity contribution in [2.75, 3.05) is 33.9 Å². The molecule has 0 radical (unpaired) electrons. The Morgan fingerprint density at radius 2 is 1.59 bits per heavy atom. The van der Waals surface area contributed by atoms with Gasteiger partial charge in [0.05, 0.1) is 11.4 Å². The molecule has 1 heterocycles. The second kappa shape index (κ2) is 10.9. The second-order valence-electron chi connectivity index (χ2n) is 8.69. The molecule has 176 valence electrons. The van der Waals surface area contributed by atoms with Gasteiger partial charge in [0.25, 0.3) is 5.91 Å². The third kappa shape index (κ3) is 5.76. The molecule has 3 aromatic carbocycles. The number of urea groups is 1. The summed E-state index contributed by atoms with van der Waals surface area (Å²) in [5.41, 5.74) is 5.78. The summed E-state index contributed by atoms with van der Waals surface area (Å²) in [5.74, 6) is -0.179. The topological polar surface area (TPSA) is 73.5 Å². The maximum absolute atomic E-state index is 12.9. The molecule has 3 aromatic rings. The van der Waals surface area contributed by atoms with E-state index in [0.717, 1.165) is 54.9 Å². The van der Waals surface area contributed by atoms with Crippen LogP contribution in [0.1, 0.15) is 47.7 Å². The molecule has 0 saturated carbocycles. The highest BCUT2D eigenvalue weighted by molar-refractivity contribution is 6.06. The van der Waals surface area contributed by atoms with E-state index in [1.807, 2.05) is 67.6 Å². The quantitative estimate of drug-likeness (QED) is 0.399. The van der Waals surface area contributed by atoms with Crippen LogP contribution in [0.2, 0.25) is 0 Å². The van der Waals surface area contributed by atoms with Gasteiger partial charge in [0.1, 0.15) is 0 Å². The smallest absolute Gasteiger partial charge is 0.323 e. The number of aryl methyl sites for hydroxylation is 2. The fourth-order valence-corrected chi connectivity index (χ4v) is 4.34. The van der Waals surface area contributed by atoms with E-state index in [2.05, 4.69) is 27.8 Å². The number of rotatable bonds is 6. The first-order chi connectivity index (χ1) is 16.5. The Hall–Kier alpha value is -3.80. The largest absolute Gasteiger partial charge is 0.370 e. The number of piperidine rings is 1. The van der Waals surface area contributed by atoms with Crippen molar-refractivity contribution in [1.29, 1.82) is 0 Å². The van der Waals surface area contributed by atoms with Gasteiger partial charge in [0.2, 0.25) is 0 Å². The lowest BCUT2D eigenvalue weighted by atomic mass is 10.1. The summed E-state index contributed by atoms with van der Waals surface area (Å²) in [6, 6.07) is 20.7. The molecular formula is C28H32N4O2. The average molecular weight is 457 g/mol. The summed E-state index contributed by atoms with van der Waals surface area (Å²) in [7, 11) is 0. The highest BCUT2D eigenvalue weighted by Gasteiger charge is 2.18. The third-order valence-electron chi connectivity index (χ3n) is 6.13. The fraction of sp³-hybridized carbons (Fsp3) is 0.286. The number of benzene rings is 3. The lowest BCUT2D eigenvalue weighted by Gasteiger charge is -2.31. The number of carbonyl (C=O) groups excluding carboxylic acids is 2. The molecule has 1 aliphatic rings. The summed E-state index contributed by atoms with van der Waals surface area (Å²) in [4.78, 5) is 28.0. The van der Waals surface area contributed by atoms with Gasteiger partial charge in [0, 0.05) is 30.0 Å². The molecule has 0 aliphatic carbocycles. The SMILES string of the molecule is CCc1ccccc1NC(=O)Nc1cc(NC(=O)c2cccc(C)c2)ccc1N1CCCCC1. The van der Waals surface area contributed by atoms with Gasteiger partial charge < -0.3 is 20.9 Å². The minimum atomic E-state index is -0.304. The molecule has 1 aliphatic heterocycles. The molecule has 3 amide bonds. The Morgan fingerprint density at radius 1 is 0.824 bits per heavy atom. The molecule has 0 unspecified atom stereocenters. The Kier molecular flexibility index (Phi) is 7.48. The van der Waals surface area contributed by atoms with Crippen molar-refractivity contribution in [3.8, 4) is 0 Å². The van der Waals surface area contributed by atoms with Crippen LogP contribution in [0, 0.1) is 6.92 Å². The zero-order valence-electron chi connectivity index (χ0n) is 19.9. The van der Waals surface area contributed by atoms with E-state index in [0.29, 0.717) is 16.9 Å². The lowest BCUT2D eigenvalue weighted by Crippen LogP contribution is -2.31. The van der Waals surface area contributed by atoms with Gasteiger partial charge in [0.15, 0.2) is 0 Å². The van der Waals surface area contributed by atoms with Crippen LogP contribution in [0.4, 0.5) is 27.5 Å². The first kappa shape index (κ1) is 23.4. The molecule has 34 heavy (non-hydrogen) atoms. The molecule has 6 heteroatoms. The molecule has 0 bridgehead atoms. The molecule has 1 fully saturated rings.